The number of thioether (sulfide) groups is 1. The molecule has 1 aliphatic heterocycles. The van der Waals surface area contributed by atoms with Crippen LogP contribution in [0.4, 0.5) is 0 Å². The zero-order valence-electron chi connectivity index (χ0n) is 15.3. The van der Waals surface area contributed by atoms with E-state index in [2.05, 4.69) is 0 Å². The van der Waals surface area contributed by atoms with Gasteiger partial charge in [0.2, 0.25) is 0 Å². The van der Waals surface area contributed by atoms with Gasteiger partial charge in [0.1, 0.15) is 16.7 Å². The molecular formula is C22H15Cl2NO2S2. The van der Waals surface area contributed by atoms with Crippen LogP contribution >= 0.6 is 47.2 Å². The zero-order valence-corrected chi connectivity index (χ0v) is 18.5. The third-order valence-electron chi connectivity index (χ3n) is 4.59. The number of carbonyl (C=O) groups is 1. The van der Waals surface area contributed by atoms with Gasteiger partial charge in [-0.1, -0.05) is 83.6 Å². The Bertz CT molecular complexity index is 1180. The Morgan fingerprint density at radius 1 is 1.14 bits per heavy atom. The van der Waals surface area contributed by atoms with Crippen LogP contribution in [-0.4, -0.2) is 22.2 Å². The molecule has 0 spiro atoms. The lowest BCUT2D eigenvalue weighted by Crippen LogP contribution is -2.22. The highest BCUT2D eigenvalue weighted by atomic mass is 35.5. The second-order valence-corrected chi connectivity index (χ2v) is 8.98. The summed E-state index contributed by atoms with van der Waals surface area (Å²) in [4.78, 5) is 14.6. The van der Waals surface area contributed by atoms with E-state index < -0.39 is 0 Å². The summed E-state index contributed by atoms with van der Waals surface area (Å²) in [5, 5.41) is 3.18. The van der Waals surface area contributed by atoms with Crippen LogP contribution in [0, 0.1) is 0 Å². The average Bonchev–Trinajstić information content (AvgIpc) is 2.95. The standard InChI is InChI=1S/C22H15Cl2NO2S2/c1-25-21(26)20(29-22(25)28)11-17-16-5-3-2-4-13(16)7-9-19(17)27-12-14-6-8-15(23)10-18(14)24/h2-11H,12H2,1H3/b20-11-. The minimum absolute atomic E-state index is 0.111. The molecule has 29 heavy (non-hydrogen) atoms. The third-order valence-corrected chi connectivity index (χ3v) is 6.66. The number of fused-ring (bicyclic) bond motifs is 1. The molecule has 0 aromatic heterocycles. The molecule has 0 saturated carbocycles. The molecular weight excluding hydrogens is 445 g/mol. The molecule has 3 nitrogen and oxygen atoms in total. The summed E-state index contributed by atoms with van der Waals surface area (Å²) in [5.41, 5.74) is 1.66. The number of thiocarbonyl (C=S) groups is 1. The van der Waals surface area contributed by atoms with E-state index in [9.17, 15) is 4.79 Å². The van der Waals surface area contributed by atoms with Gasteiger partial charge in [-0.2, -0.15) is 0 Å². The lowest BCUT2D eigenvalue weighted by atomic mass is 10.0. The average molecular weight is 460 g/mol. The normalized spacial score (nSPS) is 15.6. The first-order chi connectivity index (χ1) is 13.9. The van der Waals surface area contributed by atoms with Gasteiger partial charge >= 0.3 is 0 Å². The van der Waals surface area contributed by atoms with Gasteiger partial charge in [0.15, 0.2) is 0 Å². The van der Waals surface area contributed by atoms with Crippen LogP contribution in [0.1, 0.15) is 11.1 Å². The predicted octanol–water partition coefficient (Wildman–Crippen LogP) is 6.56. The fourth-order valence-corrected chi connectivity index (χ4v) is 4.65. The van der Waals surface area contributed by atoms with Crippen LogP contribution in [0.25, 0.3) is 16.8 Å². The van der Waals surface area contributed by atoms with Crippen molar-refractivity contribution in [3.8, 4) is 5.75 Å². The number of amides is 1. The van der Waals surface area contributed by atoms with E-state index in [1.54, 1.807) is 19.2 Å². The molecule has 0 aliphatic carbocycles. The Hall–Kier alpha value is -2.05. The molecule has 146 valence electrons. The minimum Gasteiger partial charge on any atom is -0.488 e. The molecule has 3 aromatic rings. The SMILES string of the molecule is CN1C(=O)/C(=C/c2c(OCc3ccc(Cl)cc3Cl)ccc3ccccc23)SC1=S. The van der Waals surface area contributed by atoms with Crippen molar-refractivity contribution in [2.45, 2.75) is 6.61 Å². The van der Waals surface area contributed by atoms with Crippen molar-refractivity contribution >= 4 is 74.3 Å². The molecule has 4 rings (SSSR count). The van der Waals surface area contributed by atoms with Crippen molar-refractivity contribution in [1.29, 1.82) is 0 Å². The number of likely N-dealkylation sites (N-methyl/N-ethyl adjacent to an activating group) is 1. The quantitative estimate of drug-likeness (QED) is 0.326. The fraction of sp³-hybridized carbons (Fsp3) is 0.0909. The Labute approximate surface area is 188 Å². The first-order valence-corrected chi connectivity index (χ1v) is 10.7. The van der Waals surface area contributed by atoms with E-state index in [0.717, 1.165) is 21.9 Å². The van der Waals surface area contributed by atoms with Crippen LogP contribution in [0.2, 0.25) is 10.0 Å². The monoisotopic (exact) mass is 459 g/mol. The number of rotatable bonds is 4. The Kier molecular flexibility index (Phi) is 5.83. The smallest absolute Gasteiger partial charge is 0.265 e. The maximum atomic E-state index is 12.5. The lowest BCUT2D eigenvalue weighted by Gasteiger charge is -2.13. The maximum absolute atomic E-state index is 12.5. The second-order valence-electron chi connectivity index (χ2n) is 6.46. The van der Waals surface area contributed by atoms with Gasteiger partial charge in [-0.05, 0) is 35.0 Å². The molecule has 0 atom stereocenters. The minimum atomic E-state index is -0.111. The molecule has 7 heteroatoms. The third kappa shape index (κ3) is 4.14. The van der Waals surface area contributed by atoms with Crippen LogP contribution < -0.4 is 4.74 Å². The van der Waals surface area contributed by atoms with E-state index >= 15 is 0 Å². The van der Waals surface area contributed by atoms with Crippen LogP contribution in [-0.2, 0) is 11.4 Å². The largest absolute Gasteiger partial charge is 0.488 e. The molecule has 0 N–H and O–H groups in total. The molecule has 0 bridgehead atoms. The maximum Gasteiger partial charge on any atom is 0.265 e. The summed E-state index contributed by atoms with van der Waals surface area (Å²) >= 11 is 18.8. The summed E-state index contributed by atoms with van der Waals surface area (Å²) < 4.78 is 6.65. The van der Waals surface area contributed by atoms with Crippen molar-refractivity contribution in [2.75, 3.05) is 7.05 Å². The summed E-state index contributed by atoms with van der Waals surface area (Å²) in [6, 6.07) is 17.2. The van der Waals surface area contributed by atoms with Gasteiger partial charge in [0.25, 0.3) is 5.91 Å². The first kappa shape index (κ1) is 20.2. The van der Waals surface area contributed by atoms with E-state index in [1.807, 2.05) is 48.5 Å². The van der Waals surface area contributed by atoms with Crippen molar-refractivity contribution in [3.63, 3.8) is 0 Å². The molecule has 1 fully saturated rings. The molecule has 1 aliphatic rings. The topological polar surface area (TPSA) is 29.5 Å². The predicted molar refractivity (Wildman–Crippen MR) is 126 cm³/mol. The highest BCUT2D eigenvalue weighted by Crippen LogP contribution is 2.37. The van der Waals surface area contributed by atoms with Gasteiger partial charge in [0.05, 0.1) is 4.91 Å². The van der Waals surface area contributed by atoms with E-state index in [-0.39, 0.29) is 12.5 Å². The Balaban J connectivity index is 1.75. The van der Waals surface area contributed by atoms with Gasteiger partial charge in [0, 0.05) is 28.2 Å². The summed E-state index contributed by atoms with van der Waals surface area (Å²) in [6.07, 6.45) is 1.85. The van der Waals surface area contributed by atoms with Crippen molar-refractivity contribution < 1.29 is 9.53 Å². The van der Waals surface area contributed by atoms with Crippen molar-refractivity contribution in [3.05, 3.63) is 80.7 Å². The lowest BCUT2D eigenvalue weighted by molar-refractivity contribution is -0.121. The summed E-state index contributed by atoms with van der Waals surface area (Å²) in [7, 11) is 1.68. The molecule has 0 unspecified atom stereocenters. The first-order valence-electron chi connectivity index (χ1n) is 8.74. The highest BCUT2D eigenvalue weighted by molar-refractivity contribution is 8.26. The molecule has 1 amide bonds. The van der Waals surface area contributed by atoms with Crippen LogP contribution in [0.15, 0.2) is 59.5 Å². The van der Waals surface area contributed by atoms with Gasteiger partial charge in [-0.15, -0.1) is 0 Å². The van der Waals surface area contributed by atoms with E-state index in [0.29, 0.717) is 25.0 Å². The zero-order chi connectivity index (χ0) is 20.5. The second kappa shape index (κ2) is 8.36. The number of hydrogen-bond donors (Lipinski definition) is 0. The number of carbonyl (C=O) groups excluding carboxylic acids is 1. The van der Waals surface area contributed by atoms with Crippen molar-refractivity contribution in [2.24, 2.45) is 0 Å². The van der Waals surface area contributed by atoms with E-state index in [1.165, 1.54) is 16.7 Å². The highest BCUT2D eigenvalue weighted by Gasteiger charge is 2.29. The number of ether oxygens (including phenoxy) is 1. The summed E-state index contributed by atoms with van der Waals surface area (Å²) in [5.74, 6) is 0.552. The van der Waals surface area contributed by atoms with Gasteiger partial charge < -0.3 is 4.74 Å². The molecule has 1 saturated heterocycles. The number of benzene rings is 3. The number of hydrogen-bond acceptors (Lipinski definition) is 4. The van der Waals surface area contributed by atoms with Crippen LogP contribution in [0.3, 0.4) is 0 Å². The van der Waals surface area contributed by atoms with E-state index in [4.69, 9.17) is 40.2 Å². The van der Waals surface area contributed by atoms with Gasteiger partial charge in [-0.3, -0.25) is 9.69 Å². The summed E-state index contributed by atoms with van der Waals surface area (Å²) in [6.45, 7) is 0.282. The number of halogens is 2. The van der Waals surface area contributed by atoms with Crippen molar-refractivity contribution in [1.82, 2.24) is 4.90 Å². The molecule has 3 aromatic carbocycles. The van der Waals surface area contributed by atoms with Crippen LogP contribution in [0.5, 0.6) is 5.75 Å². The Morgan fingerprint density at radius 3 is 2.66 bits per heavy atom. The molecule has 0 radical (unpaired) electrons. The number of nitrogens with zero attached hydrogens (tertiary/aromatic N) is 1. The molecule has 1 heterocycles. The Morgan fingerprint density at radius 2 is 1.93 bits per heavy atom. The van der Waals surface area contributed by atoms with Gasteiger partial charge in [-0.25, -0.2) is 0 Å². The fourth-order valence-electron chi connectivity index (χ4n) is 3.02.